The van der Waals surface area contributed by atoms with Crippen LogP contribution in [0.1, 0.15) is 47.2 Å². The normalized spacial score (nSPS) is 23.3. The van der Waals surface area contributed by atoms with Gasteiger partial charge in [0.15, 0.2) is 11.5 Å². The van der Waals surface area contributed by atoms with Gasteiger partial charge in [-0.15, -0.1) is 0 Å². The zero-order valence-electron chi connectivity index (χ0n) is 24.8. The van der Waals surface area contributed by atoms with Crippen LogP contribution in [0, 0.1) is 5.92 Å². The number of benzene rings is 3. The van der Waals surface area contributed by atoms with Crippen LogP contribution in [0.4, 0.5) is 0 Å². The number of ether oxygens (including phenoxy) is 3. The van der Waals surface area contributed by atoms with Gasteiger partial charge in [-0.05, 0) is 55.5 Å². The molecule has 4 unspecified atom stereocenters. The van der Waals surface area contributed by atoms with Gasteiger partial charge in [0.25, 0.3) is 5.91 Å². The minimum Gasteiger partial charge on any atom is -0.493 e. The van der Waals surface area contributed by atoms with Gasteiger partial charge in [0.1, 0.15) is 5.41 Å². The molecule has 42 heavy (non-hydrogen) atoms. The van der Waals surface area contributed by atoms with Crippen LogP contribution in [-0.4, -0.2) is 80.3 Å². The summed E-state index contributed by atoms with van der Waals surface area (Å²) in [4.78, 5) is 31.0. The lowest BCUT2D eigenvalue weighted by Crippen LogP contribution is -2.56. The fourth-order valence-corrected chi connectivity index (χ4v) is 6.93. The lowest BCUT2D eigenvalue weighted by atomic mass is 9.63. The molecule has 0 saturated carbocycles. The third kappa shape index (κ3) is 5.31. The third-order valence-electron chi connectivity index (χ3n) is 9.36. The molecule has 1 amide bonds. The molecule has 2 heterocycles. The molecule has 1 N–H and O–H groups in total. The molecule has 2 aliphatic rings. The second-order valence-electron chi connectivity index (χ2n) is 11.3. The summed E-state index contributed by atoms with van der Waals surface area (Å²) in [6.45, 7) is 4.80. The van der Waals surface area contributed by atoms with Gasteiger partial charge in [0, 0.05) is 37.2 Å². The summed E-state index contributed by atoms with van der Waals surface area (Å²) in [6, 6.07) is 23.3. The van der Waals surface area contributed by atoms with Gasteiger partial charge in [-0.3, -0.25) is 14.5 Å². The fourth-order valence-electron chi connectivity index (χ4n) is 6.93. The average molecular weight is 573 g/mol. The number of nitrogens with zero attached hydrogens (tertiary/aromatic N) is 2. The number of amides is 1. The largest absolute Gasteiger partial charge is 0.493 e. The van der Waals surface area contributed by atoms with E-state index in [0.717, 1.165) is 17.5 Å². The number of piperidine rings is 1. The Morgan fingerprint density at radius 1 is 0.881 bits per heavy atom. The highest BCUT2D eigenvalue weighted by Gasteiger charge is 2.52. The molecule has 0 radical (unpaired) electrons. The molecule has 2 aliphatic heterocycles. The van der Waals surface area contributed by atoms with Gasteiger partial charge in [-0.1, -0.05) is 60.7 Å². The number of methoxy groups -OCH3 is 3. The van der Waals surface area contributed by atoms with Crippen molar-refractivity contribution in [1.82, 2.24) is 9.80 Å². The van der Waals surface area contributed by atoms with E-state index in [0.29, 0.717) is 55.4 Å². The maximum Gasteiger partial charge on any atom is 0.314 e. The Bertz CT molecular complexity index is 1370. The van der Waals surface area contributed by atoms with E-state index in [-0.39, 0.29) is 23.8 Å². The van der Waals surface area contributed by atoms with E-state index in [4.69, 9.17) is 14.2 Å². The van der Waals surface area contributed by atoms with E-state index in [1.807, 2.05) is 65.6 Å². The molecule has 0 aliphatic carbocycles. The van der Waals surface area contributed by atoms with Crippen molar-refractivity contribution in [3.05, 3.63) is 89.5 Å². The van der Waals surface area contributed by atoms with Gasteiger partial charge in [-0.2, -0.15) is 0 Å². The molecule has 0 bridgehead atoms. The van der Waals surface area contributed by atoms with E-state index >= 15 is 0 Å². The molecule has 3 aromatic rings. The number of hydrogen-bond acceptors (Lipinski definition) is 6. The van der Waals surface area contributed by atoms with E-state index < -0.39 is 11.4 Å². The molecule has 4 atom stereocenters. The van der Waals surface area contributed by atoms with Gasteiger partial charge >= 0.3 is 5.97 Å². The van der Waals surface area contributed by atoms with Crippen molar-refractivity contribution in [3.8, 4) is 17.2 Å². The molecular formula is C34H40N2O6. The second kappa shape index (κ2) is 12.4. The lowest BCUT2D eigenvalue weighted by molar-refractivity contribution is -0.147. The topological polar surface area (TPSA) is 88.5 Å². The number of likely N-dealkylation sites (tertiary alicyclic amines) is 2. The Hall–Kier alpha value is -4.04. The Kier molecular flexibility index (Phi) is 8.73. The van der Waals surface area contributed by atoms with Gasteiger partial charge in [0.2, 0.25) is 5.75 Å². The Morgan fingerprint density at radius 2 is 1.50 bits per heavy atom. The van der Waals surface area contributed by atoms with Crippen molar-refractivity contribution < 1.29 is 28.9 Å². The fraction of sp³-hybridized carbons (Fsp3) is 0.412. The maximum absolute atomic E-state index is 13.6. The number of carboxylic acids is 1. The van der Waals surface area contributed by atoms with Crippen molar-refractivity contribution >= 4 is 11.9 Å². The standard InChI is InChI=1S/C34H40N2O6/c1-23(25-15-17-36(21-25)32(37)26-19-29(40-2)31(42-4)30(20-26)41-3)35-18-16-34(33(38)39,27-13-9-6-10-14-27)28(22-35)24-11-7-5-8-12-24/h5-14,19-20,23,25,28H,15-18,21-22H2,1-4H3,(H,38,39). The Balaban J connectivity index is 1.36. The first-order valence-electron chi connectivity index (χ1n) is 14.5. The van der Waals surface area contributed by atoms with Crippen LogP contribution in [0.15, 0.2) is 72.8 Å². The summed E-state index contributed by atoms with van der Waals surface area (Å²) in [5.41, 5.74) is 1.37. The first-order valence-corrected chi connectivity index (χ1v) is 14.5. The molecule has 0 spiro atoms. The summed E-state index contributed by atoms with van der Waals surface area (Å²) in [7, 11) is 4.62. The Morgan fingerprint density at radius 3 is 2.07 bits per heavy atom. The van der Waals surface area contributed by atoms with Crippen molar-refractivity contribution in [2.75, 3.05) is 47.5 Å². The minimum absolute atomic E-state index is 0.0706. The third-order valence-corrected chi connectivity index (χ3v) is 9.36. The van der Waals surface area contributed by atoms with Gasteiger partial charge in [0.05, 0.1) is 21.3 Å². The lowest BCUT2D eigenvalue weighted by Gasteiger charge is -2.48. The number of rotatable bonds is 9. The summed E-state index contributed by atoms with van der Waals surface area (Å²) >= 11 is 0. The van der Waals surface area contributed by atoms with Crippen LogP contribution in [0.5, 0.6) is 17.2 Å². The zero-order valence-corrected chi connectivity index (χ0v) is 24.8. The molecule has 3 aromatic carbocycles. The maximum atomic E-state index is 13.6. The first kappa shape index (κ1) is 29.5. The summed E-state index contributed by atoms with van der Waals surface area (Å²) in [6.07, 6.45) is 1.39. The highest BCUT2D eigenvalue weighted by molar-refractivity contribution is 5.96. The molecule has 8 nitrogen and oxygen atoms in total. The number of carbonyl (C=O) groups excluding carboxylic acids is 1. The minimum atomic E-state index is -1.01. The van der Waals surface area contributed by atoms with Crippen molar-refractivity contribution in [1.29, 1.82) is 0 Å². The van der Waals surface area contributed by atoms with E-state index in [9.17, 15) is 14.7 Å². The average Bonchev–Trinajstić information content (AvgIpc) is 3.54. The first-order chi connectivity index (χ1) is 20.3. The van der Waals surface area contributed by atoms with Crippen LogP contribution < -0.4 is 14.2 Å². The van der Waals surface area contributed by atoms with Crippen molar-refractivity contribution in [2.24, 2.45) is 5.92 Å². The molecular weight excluding hydrogens is 532 g/mol. The number of hydrogen-bond donors (Lipinski definition) is 1. The highest BCUT2D eigenvalue weighted by Crippen LogP contribution is 2.47. The zero-order chi connectivity index (χ0) is 29.9. The van der Waals surface area contributed by atoms with Gasteiger partial charge < -0.3 is 24.2 Å². The second-order valence-corrected chi connectivity index (χ2v) is 11.3. The number of aliphatic carboxylic acids is 1. The molecule has 0 aromatic heterocycles. The summed E-state index contributed by atoms with van der Waals surface area (Å²) < 4.78 is 16.3. The van der Waals surface area contributed by atoms with Crippen LogP contribution >= 0.6 is 0 Å². The van der Waals surface area contributed by atoms with Crippen LogP contribution in [0.2, 0.25) is 0 Å². The van der Waals surface area contributed by atoms with Crippen molar-refractivity contribution in [2.45, 2.75) is 37.1 Å². The predicted molar refractivity (Wildman–Crippen MR) is 161 cm³/mol. The SMILES string of the molecule is COc1cc(C(=O)N2CCC(C(C)N3CCC(C(=O)O)(c4ccccc4)C(c4ccccc4)C3)C2)cc(OC)c1OC. The predicted octanol–water partition coefficient (Wildman–Crippen LogP) is 5.08. The molecule has 222 valence electrons. The van der Waals surface area contributed by atoms with Crippen molar-refractivity contribution in [3.63, 3.8) is 0 Å². The smallest absolute Gasteiger partial charge is 0.314 e. The number of carboxylic acid groups (broad SMARTS) is 1. The van der Waals surface area contributed by atoms with E-state index in [1.54, 1.807) is 12.1 Å². The summed E-state index contributed by atoms with van der Waals surface area (Å²) in [5.74, 6) is 0.552. The monoisotopic (exact) mass is 572 g/mol. The molecule has 5 rings (SSSR count). The summed E-state index contributed by atoms with van der Waals surface area (Å²) in [5, 5.41) is 10.7. The van der Waals surface area contributed by atoms with Crippen LogP contribution in [0.25, 0.3) is 0 Å². The quantitative estimate of drug-likeness (QED) is 0.383. The van der Waals surface area contributed by atoms with Gasteiger partial charge in [-0.25, -0.2) is 0 Å². The molecule has 2 saturated heterocycles. The Labute approximate surface area is 247 Å². The van der Waals surface area contributed by atoms with E-state index in [2.05, 4.69) is 11.8 Å². The molecule has 2 fully saturated rings. The van der Waals surface area contributed by atoms with Crippen LogP contribution in [-0.2, 0) is 10.2 Å². The number of carbonyl (C=O) groups is 2. The van der Waals surface area contributed by atoms with E-state index in [1.165, 1.54) is 21.3 Å². The highest BCUT2D eigenvalue weighted by atomic mass is 16.5. The van der Waals surface area contributed by atoms with Crippen LogP contribution in [0.3, 0.4) is 0 Å². The molecule has 8 heteroatoms.